The van der Waals surface area contributed by atoms with Crippen LogP contribution in [0.1, 0.15) is 47.7 Å². The molecule has 0 spiro atoms. The van der Waals surface area contributed by atoms with Crippen LogP contribution in [0.4, 0.5) is 4.39 Å². The maximum Gasteiger partial charge on any atom is 0.352 e. The van der Waals surface area contributed by atoms with Gasteiger partial charge in [-0.25, -0.2) is 9.18 Å². The Hall–Kier alpha value is -2.17. The lowest BCUT2D eigenvalue weighted by Crippen LogP contribution is -2.14. The van der Waals surface area contributed by atoms with Crippen LogP contribution < -0.4 is 0 Å². The second-order valence-corrected chi connectivity index (χ2v) is 5.19. The molecule has 1 heterocycles. The molecule has 104 valence electrons. The van der Waals surface area contributed by atoms with Gasteiger partial charge in [-0.3, -0.25) is 4.79 Å². The summed E-state index contributed by atoms with van der Waals surface area (Å²) in [6, 6.07) is 4.61. The number of rotatable bonds is 2. The smallest absolute Gasteiger partial charge is 0.352 e. The van der Waals surface area contributed by atoms with Crippen LogP contribution in [0.15, 0.2) is 18.2 Å². The standard InChI is InChI=1S/C15H14FNO3/c16-11-3-1-2-10-12(8-4-6-9(18)7-5-8)14(15(19)20)17-13(10)11/h1-3,8,17H,4-7H2,(H,19,20). The third-order valence-corrected chi connectivity index (χ3v) is 3.99. The Labute approximate surface area is 114 Å². The van der Waals surface area contributed by atoms with Gasteiger partial charge in [-0.1, -0.05) is 12.1 Å². The van der Waals surface area contributed by atoms with Crippen molar-refractivity contribution < 1.29 is 19.1 Å². The Balaban J connectivity index is 2.17. The number of benzene rings is 1. The van der Waals surface area contributed by atoms with Crippen LogP contribution in [0.5, 0.6) is 0 Å². The molecule has 4 nitrogen and oxygen atoms in total. The molecule has 20 heavy (non-hydrogen) atoms. The summed E-state index contributed by atoms with van der Waals surface area (Å²) in [5.74, 6) is -1.34. The van der Waals surface area contributed by atoms with Gasteiger partial charge in [-0.2, -0.15) is 0 Å². The molecule has 1 aromatic heterocycles. The SMILES string of the molecule is O=C1CCC(c2c(C(=O)O)[nH]c3c(F)cccc23)CC1. The summed E-state index contributed by atoms with van der Waals surface area (Å²) in [5, 5.41) is 9.93. The van der Waals surface area contributed by atoms with Gasteiger partial charge in [0.25, 0.3) is 0 Å². The van der Waals surface area contributed by atoms with Crippen LogP contribution in [0.2, 0.25) is 0 Å². The number of hydrogen-bond donors (Lipinski definition) is 2. The quantitative estimate of drug-likeness (QED) is 0.884. The molecule has 0 unspecified atom stereocenters. The van der Waals surface area contributed by atoms with E-state index in [4.69, 9.17) is 0 Å². The van der Waals surface area contributed by atoms with Crippen molar-refractivity contribution in [1.29, 1.82) is 0 Å². The number of para-hydroxylation sites is 1. The minimum absolute atomic E-state index is 0.00523. The molecule has 2 N–H and O–H groups in total. The molecular weight excluding hydrogens is 261 g/mol. The Morgan fingerprint density at radius 2 is 2.00 bits per heavy atom. The Morgan fingerprint density at radius 1 is 1.30 bits per heavy atom. The molecule has 0 aliphatic heterocycles. The fraction of sp³-hybridized carbons (Fsp3) is 0.333. The number of fused-ring (bicyclic) bond motifs is 1. The zero-order valence-corrected chi connectivity index (χ0v) is 10.8. The van der Waals surface area contributed by atoms with E-state index in [9.17, 15) is 19.1 Å². The number of H-pyrrole nitrogens is 1. The highest BCUT2D eigenvalue weighted by Crippen LogP contribution is 2.38. The highest BCUT2D eigenvalue weighted by molar-refractivity contribution is 5.98. The second-order valence-electron chi connectivity index (χ2n) is 5.19. The maximum absolute atomic E-state index is 13.8. The summed E-state index contributed by atoms with van der Waals surface area (Å²) in [6.07, 6.45) is 2.18. The number of carbonyl (C=O) groups excluding carboxylic acids is 1. The monoisotopic (exact) mass is 275 g/mol. The largest absolute Gasteiger partial charge is 0.477 e. The molecule has 0 bridgehead atoms. The van der Waals surface area contributed by atoms with Gasteiger partial charge in [0, 0.05) is 18.2 Å². The fourth-order valence-corrected chi connectivity index (χ4v) is 3.02. The molecule has 1 aliphatic rings. The summed E-state index contributed by atoms with van der Waals surface area (Å²) in [5.41, 5.74) is 0.917. The van der Waals surface area contributed by atoms with Crippen molar-refractivity contribution >= 4 is 22.7 Å². The lowest BCUT2D eigenvalue weighted by Gasteiger charge is -2.21. The van der Waals surface area contributed by atoms with E-state index >= 15 is 0 Å². The number of carboxylic acids is 1. The normalized spacial score (nSPS) is 16.8. The number of ketones is 1. The van der Waals surface area contributed by atoms with E-state index in [1.807, 2.05) is 0 Å². The first kappa shape index (κ1) is 12.8. The molecular formula is C15H14FNO3. The van der Waals surface area contributed by atoms with Crippen LogP contribution in [0.25, 0.3) is 10.9 Å². The number of carbonyl (C=O) groups is 2. The average Bonchev–Trinajstić information content (AvgIpc) is 2.81. The van der Waals surface area contributed by atoms with Gasteiger partial charge in [0.1, 0.15) is 17.3 Å². The highest BCUT2D eigenvalue weighted by Gasteiger charge is 2.28. The zero-order valence-electron chi connectivity index (χ0n) is 10.8. The molecule has 1 aliphatic carbocycles. The predicted octanol–water partition coefficient (Wildman–Crippen LogP) is 3.23. The van der Waals surface area contributed by atoms with E-state index < -0.39 is 11.8 Å². The van der Waals surface area contributed by atoms with Crippen LogP contribution in [-0.2, 0) is 4.79 Å². The fourth-order valence-electron chi connectivity index (χ4n) is 3.02. The van der Waals surface area contributed by atoms with Crippen molar-refractivity contribution in [3.05, 3.63) is 35.3 Å². The molecule has 0 saturated heterocycles. The summed E-state index contributed by atoms with van der Waals surface area (Å²) < 4.78 is 13.8. The Morgan fingerprint density at radius 3 is 2.65 bits per heavy atom. The number of aromatic amines is 1. The zero-order chi connectivity index (χ0) is 14.3. The minimum Gasteiger partial charge on any atom is -0.477 e. The van der Waals surface area contributed by atoms with Gasteiger partial charge in [-0.15, -0.1) is 0 Å². The molecule has 2 aromatic rings. The van der Waals surface area contributed by atoms with Gasteiger partial charge in [0.15, 0.2) is 0 Å². The predicted molar refractivity (Wildman–Crippen MR) is 71.4 cm³/mol. The van der Waals surface area contributed by atoms with E-state index in [1.165, 1.54) is 6.07 Å². The Kier molecular flexibility index (Phi) is 3.04. The minimum atomic E-state index is -1.09. The number of aromatic carboxylic acids is 1. The number of nitrogens with one attached hydrogen (secondary N) is 1. The van der Waals surface area contributed by atoms with Gasteiger partial charge in [0.05, 0.1) is 5.52 Å². The Bertz CT molecular complexity index is 694. The number of halogens is 1. The average molecular weight is 275 g/mol. The lowest BCUT2D eigenvalue weighted by atomic mass is 9.82. The molecule has 1 aromatic carbocycles. The van der Waals surface area contributed by atoms with E-state index in [1.54, 1.807) is 12.1 Å². The third-order valence-electron chi connectivity index (χ3n) is 3.99. The van der Waals surface area contributed by atoms with Gasteiger partial charge >= 0.3 is 5.97 Å². The molecule has 1 saturated carbocycles. The summed E-state index contributed by atoms with van der Waals surface area (Å²) in [6.45, 7) is 0. The van der Waals surface area contributed by atoms with Crippen molar-refractivity contribution in [2.24, 2.45) is 0 Å². The van der Waals surface area contributed by atoms with E-state index in [0.717, 1.165) is 0 Å². The summed E-state index contributed by atoms with van der Waals surface area (Å²) in [7, 11) is 0. The topological polar surface area (TPSA) is 70.2 Å². The lowest BCUT2D eigenvalue weighted by molar-refractivity contribution is -0.120. The number of Topliss-reactive ketones (excluding diaryl/α,β-unsaturated/α-hetero) is 1. The number of hydrogen-bond acceptors (Lipinski definition) is 2. The number of carboxylic acid groups (broad SMARTS) is 1. The van der Waals surface area contributed by atoms with Gasteiger partial charge in [0.2, 0.25) is 0 Å². The van der Waals surface area contributed by atoms with E-state index in [0.29, 0.717) is 36.6 Å². The van der Waals surface area contributed by atoms with E-state index in [2.05, 4.69) is 4.98 Å². The molecule has 1 fully saturated rings. The van der Waals surface area contributed by atoms with Crippen molar-refractivity contribution in [3.8, 4) is 0 Å². The molecule has 0 amide bonds. The summed E-state index contributed by atoms with van der Waals surface area (Å²) in [4.78, 5) is 25.4. The van der Waals surface area contributed by atoms with Crippen molar-refractivity contribution in [2.75, 3.05) is 0 Å². The highest BCUT2D eigenvalue weighted by atomic mass is 19.1. The molecule has 5 heteroatoms. The second kappa shape index (κ2) is 4.74. The van der Waals surface area contributed by atoms with Crippen molar-refractivity contribution in [3.63, 3.8) is 0 Å². The van der Waals surface area contributed by atoms with Crippen molar-refractivity contribution in [2.45, 2.75) is 31.6 Å². The van der Waals surface area contributed by atoms with Crippen LogP contribution in [0, 0.1) is 5.82 Å². The molecule has 0 atom stereocenters. The van der Waals surface area contributed by atoms with Crippen LogP contribution >= 0.6 is 0 Å². The van der Waals surface area contributed by atoms with Crippen molar-refractivity contribution in [1.82, 2.24) is 4.98 Å². The first-order valence-corrected chi connectivity index (χ1v) is 6.63. The summed E-state index contributed by atoms with van der Waals surface area (Å²) >= 11 is 0. The maximum atomic E-state index is 13.8. The van der Waals surface area contributed by atoms with Gasteiger partial charge < -0.3 is 10.1 Å². The van der Waals surface area contributed by atoms with E-state index in [-0.39, 0.29) is 22.9 Å². The number of aromatic nitrogens is 1. The third kappa shape index (κ3) is 1.99. The first-order valence-electron chi connectivity index (χ1n) is 6.63. The van der Waals surface area contributed by atoms with Crippen LogP contribution in [-0.4, -0.2) is 21.8 Å². The molecule has 0 radical (unpaired) electrons. The first-order chi connectivity index (χ1) is 9.58. The molecule has 3 rings (SSSR count). The van der Waals surface area contributed by atoms with Gasteiger partial charge in [-0.05, 0) is 30.4 Å². The van der Waals surface area contributed by atoms with Crippen LogP contribution in [0.3, 0.4) is 0 Å².